The number of aromatic nitrogens is 4. The second-order valence-electron chi connectivity index (χ2n) is 7.34. The van der Waals surface area contributed by atoms with Crippen LogP contribution in [0.3, 0.4) is 0 Å². The molecule has 1 N–H and O–H groups in total. The number of hydrogen-bond acceptors (Lipinski definition) is 5. The van der Waals surface area contributed by atoms with Gasteiger partial charge >= 0.3 is 0 Å². The zero-order valence-corrected chi connectivity index (χ0v) is 16.0. The Morgan fingerprint density at radius 1 is 1.10 bits per heavy atom. The molecular formula is C23H20N4O2. The number of benzene rings is 2. The first-order valence-electron chi connectivity index (χ1n) is 9.58. The number of rotatable bonds is 5. The summed E-state index contributed by atoms with van der Waals surface area (Å²) in [6.07, 6.45) is 3.91. The van der Waals surface area contributed by atoms with Crippen molar-refractivity contribution in [3.05, 3.63) is 78.5 Å². The Balaban J connectivity index is 1.56. The smallest absolute Gasteiger partial charge is 0.223 e. The second-order valence-corrected chi connectivity index (χ2v) is 7.34. The van der Waals surface area contributed by atoms with Crippen LogP contribution in [0.1, 0.15) is 35.9 Å². The van der Waals surface area contributed by atoms with Gasteiger partial charge in [-0.25, -0.2) is 4.68 Å². The first-order chi connectivity index (χ1) is 14.1. The molecule has 1 fully saturated rings. The summed E-state index contributed by atoms with van der Waals surface area (Å²) >= 11 is 0. The van der Waals surface area contributed by atoms with E-state index in [-0.39, 0.29) is 5.76 Å². The highest BCUT2D eigenvalue weighted by atomic mass is 16.5. The van der Waals surface area contributed by atoms with Crippen molar-refractivity contribution in [2.24, 2.45) is 0 Å². The standard InChI is InChI=1S/C23H20N4O2/c1-14(28)21-13-24-27(22(21)16-9-10-16)20-8-4-6-18(12-20)17-5-3-7-19(11-17)23-25-15(2)29-26-23/h3-8,11-13,16,28H,1,9-10H2,2H3. The molecule has 0 aliphatic heterocycles. The quantitative estimate of drug-likeness (QED) is 0.472. The van der Waals surface area contributed by atoms with E-state index in [1.54, 1.807) is 13.1 Å². The number of aryl methyl sites for hydroxylation is 1. The number of nitrogens with zero attached hydrogens (tertiary/aromatic N) is 4. The molecule has 2 aromatic carbocycles. The summed E-state index contributed by atoms with van der Waals surface area (Å²) in [7, 11) is 0. The van der Waals surface area contributed by atoms with Gasteiger partial charge in [0.2, 0.25) is 11.7 Å². The predicted molar refractivity (Wildman–Crippen MR) is 111 cm³/mol. The van der Waals surface area contributed by atoms with Gasteiger partial charge in [-0.3, -0.25) is 0 Å². The molecule has 1 aliphatic rings. The molecule has 6 nitrogen and oxygen atoms in total. The van der Waals surface area contributed by atoms with Gasteiger partial charge in [-0.2, -0.15) is 10.1 Å². The summed E-state index contributed by atoms with van der Waals surface area (Å²) in [5.41, 5.74) is 5.74. The fourth-order valence-electron chi connectivity index (χ4n) is 3.61. The zero-order valence-electron chi connectivity index (χ0n) is 16.0. The molecule has 144 valence electrons. The minimum Gasteiger partial charge on any atom is -0.508 e. The van der Waals surface area contributed by atoms with Crippen LogP contribution in [0.4, 0.5) is 0 Å². The van der Waals surface area contributed by atoms with Crippen molar-refractivity contribution in [1.82, 2.24) is 19.9 Å². The van der Waals surface area contributed by atoms with E-state index in [0.29, 0.717) is 17.6 Å². The van der Waals surface area contributed by atoms with Crippen LogP contribution in [0.2, 0.25) is 0 Å². The van der Waals surface area contributed by atoms with Crippen LogP contribution in [0.5, 0.6) is 0 Å². The maximum Gasteiger partial charge on any atom is 0.223 e. The Hall–Kier alpha value is -3.67. The van der Waals surface area contributed by atoms with Crippen molar-refractivity contribution in [1.29, 1.82) is 0 Å². The van der Waals surface area contributed by atoms with E-state index in [9.17, 15) is 5.11 Å². The van der Waals surface area contributed by atoms with Crippen molar-refractivity contribution in [2.75, 3.05) is 0 Å². The summed E-state index contributed by atoms with van der Waals surface area (Å²) < 4.78 is 7.03. The van der Waals surface area contributed by atoms with E-state index >= 15 is 0 Å². The zero-order chi connectivity index (χ0) is 20.0. The predicted octanol–water partition coefficient (Wildman–Crippen LogP) is 5.30. The van der Waals surface area contributed by atoms with Gasteiger partial charge in [0.25, 0.3) is 0 Å². The van der Waals surface area contributed by atoms with Crippen molar-refractivity contribution >= 4 is 5.76 Å². The van der Waals surface area contributed by atoms with Crippen LogP contribution in [-0.2, 0) is 0 Å². The molecule has 0 radical (unpaired) electrons. The number of hydrogen-bond donors (Lipinski definition) is 1. The van der Waals surface area contributed by atoms with Crippen LogP contribution in [-0.4, -0.2) is 25.0 Å². The lowest BCUT2D eigenvalue weighted by Crippen LogP contribution is -2.02. The fourth-order valence-corrected chi connectivity index (χ4v) is 3.61. The molecule has 0 spiro atoms. The van der Waals surface area contributed by atoms with Gasteiger partial charge in [-0.15, -0.1) is 0 Å². The van der Waals surface area contributed by atoms with Crippen molar-refractivity contribution in [3.8, 4) is 28.2 Å². The van der Waals surface area contributed by atoms with Crippen molar-refractivity contribution < 1.29 is 9.63 Å². The monoisotopic (exact) mass is 384 g/mol. The molecule has 0 bridgehead atoms. The van der Waals surface area contributed by atoms with Gasteiger partial charge < -0.3 is 9.63 Å². The van der Waals surface area contributed by atoms with Crippen LogP contribution in [0, 0.1) is 6.92 Å². The summed E-state index contributed by atoms with van der Waals surface area (Å²) in [5.74, 6) is 1.61. The maximum absolute atomic E-state index is 9.95. The van der Waals surface area contributed by atoms with Crippen molar-refractivity contribution in [2.45, 2.75) is 25.7 Å². The third-order valence-corrected chi connectivity index (χ3v) is 5.15. The van der Waals surface area contributed by atoms with E-state index in [0.717, 1.165) is 46.5 Å². The summed E-state index contributed by atoms with van der Waals surface area (Å²) in [4.78, 5) is 4.31. The van der Waals surface area contributed by atoms with Gasteiger partial charge in [0.1, 0.15) is 5.76 Å². The second kappa shape index (κ2) is 6.74. The Bertz CT molecular complexity index is 1220. The summed E-state index contributed by atoms with van der Waals surface area (Å²) in [6.45, 7) is 5.47. The molecule has 0 atom stereocenters. The third-order valence-electron chi connectivity index (χ3n) is 5.15. The molecule has 0 saturated heterocycles. The first kappa shape index (κ1) is 17.4. The SMILES string of the molecule is C=C(O)c1cnn(-c2cccc(-c3cccc(-c4noc(C)n4)c3)c2)c1C1CC1. The van der Waals surface area contributed by atoms with Gasteiger partial charge in [-0.1, -0.05) is 42.1 Å². The largest absolute Gasteiger partial charge is 0.508 e. The van der Waals surface area contributed by atoms with Crippen LogP contribution >= 0.6 is 0 Å². The topological polar surface area (TPSA) is 77.0 Å². The minimum absolute atomic E-state index is 0.0670. The lowest BCUT2D eigenvalue weighted by molar-refractivity contribution is 0.394. The lowest BCUT2D eigenvalue weighted by atomic mass is 10.0. The number of aliphatic hydroxyl groups is 1. The molecule has 0 unspecified atom stereocenters. The molecule has 2 aromatic heterocycles. The third kappa shape index (κ3) is 3.23. The van der Waals surface area contributed by atoms with E-state index in [4.69, 9.17) is 4.52 Å². The number of aliphatic hydroxyl groups excluding tert-OH is 1. The Morgan fingerprint density at radius 2 is 1.83 bits per heavy atom. The van der Waals surface area contributed by atoms with E-state index in [2.05, 4.69) is 46.1 Å². The molecule has 29 heavy (non-hydrogen) atoms. The van der Waals surface area contributed by atoms with Gasteiger partial charge in [0.15, 0.2) is 0 Å². The summed E-state index contributed by atoms with van der Waals surface area (Å²) in [6, 6.07) is 16.3. The molecule has 0 amide bonds. The molecular weight excluding hydrogens is 364 g/mol. The lowest BCUT2D eigenvalue weighted by Gasteiger charge is -2.11. The van der Waals surface area contributed by atoms with E-state index in [1.165, 1.54) is 0 Å². The molecule has 1 saturated carbocycles. The fraction of sp³-hybridized carbons (Fsp3) is 0.174. The van der Waals surface area contributed by atoms with Gasteiger partial charge in [-0.05, 0) is 42.2 Å². The minimum atomic E-state index is 0.0670. The Kier molecular flexibility index (Phi) is 4.05. The van der Waals surface area contributed by atoms with Gasteiger partial charge in [0.05, 0.1) is 23.1 Å². The summed E-state index contributed by atoms with van der Waals surface area (Å²) in [5, 5.41) is 18.5. The van der Waals surface area contributed by atoms with E-state index in [1.807, 2.05) is 28.9 Å². The van der Waals surface area contributed by atoms with E-state index < -0.39 is 0 Å². The molecule has 5 rings (SSSR count). The highest BCUT2D eigenvalue weighted by Crippen LogP contribution is 2.43. The molecule has 1 aliphatic carbocycles. The Labute approximate surface area is 168 Å². The average Bonchev–Trinajstić information content (AvgIpc) is 3.31. The molecule has 2 heterocycles. The first-order valence-corrected chi connectivity index (χ1v) is 9.58. The molecule has 4 aromatic rings. The van der Waals surface area contributed by atoms with Crippen LogP contribution in [0.15, 0.2) is 65.8 Å². The highest BCUT2D eigenvalue weighted by Gasteiger charge is 2.31. The van der Waals surface area contributed by atoms with Crippen LogP contribution in [0.25, 0.3) is 34.0 Å². The maximum atomic E-state index is 9.95. The van der Waals surface area contributed by atoms with Crippen molar-refractivity contribution in [3.63, 3.8) is 0 Å². The van der Waals surface area contributed by atoms with Crippen LogP contribution < -0.4 is 0 Å². The van der Waals surface area contributed by atoms with Gasteiger partial charge in [0, 0.05) is 18.4 Å². The average molecular weight is 384 g/mol. The molecule has 6 heteroatoms. The Morgan fingerprint density at radius 3 is 2.52 bits per heavy atom. The highest BCUT2D eigenvalue weighted by molar-refractivity contribution is 5.71. The normalized spacial score (nSPS) is 13.6.